The second kappa shape index (κ2) is 7.22. The Morgan fingerprint density at radius 2 is 1.94 bits per heavy atom. The molecule has 4 nitrogen and oxygen atoms in total. The molecule has 1 rings (SSSR count). The van der Waals surface area contributed by atoms with Gasteiger partial charge in [0.25, 0.3) is 0 Å². The zero-order valence-corrected chi connectivity index (χ0v) is 11.3. The van der Waals surface area contributed by atoms with Crippen LogP contribution in [0.4, 0.5) is 5.82 Å². The third-order valence-corrected chi connectivity index (χ3v) is 2.55. The Morgan fingerprint density at radius 1 is 1.18 bits per heavy atom. The molecule has 0 aliphatic rings. The van der Waals surface area contributed by atoms with Crippen LogP contribution in [0.1, 0.15) is 44.3 Å². The van der Waals surface area contributed by atoms with Crippen molar-refractivity contribution in [2.24, 2.45) is 0 Å². The van der Waals surface area contributed by atoms with Crippen LogP contribution in [0.25, 0.3) is 0 Å². The molecule has 1 aromatic rings. The quantitative estimate of drug-likeness (QED) is 0.741. The number of nitrogens with zero attached hydrogens (tertiary/aromatic N) is 2. The first-order valence-corrected chi connectivity index (χ1v) is 6.40. The number of hydrogen-bond donors (Lipinski definition) is 1. The lowest BCUT2D eigenvalue weighted by molar-refractivity contribution is 0.116. The van der Waals surface area contributed by atoms with Crippen molar-refractivity contribution in [2.45, 2.75) is 47.1 Å². The molecule has 0 spiro atoms. The van der Waals surface area contributed by atoms with Gasteiger partial charge in [-0.15, -0.1) is 0 Å². The molecule has 0 fully saturated rings. The highest BCUT2D eigenvalue weighted by Gasteiger charge is 2.08. The van der Waals surface area contributed by atoms with Gasteiger partial charge in [-0.05, 0) is 26.7 Å². The van der Waals surface area contributed by atoms with E-state index in [1.807, 2.05) is 0 Å². The molecule has 0 unspecified atom stereocenters. The topological polar surface area (TPSA) is 47.0 Å². The number of hydrogen-bond acceptors (Lipinski definition) is 4. The molecular weight excluding hydrogens is 214 g/mol. The van der Waals surface area contributed by atoms with Crippen molar-refractivity contribution in [3.8, 4) is 0 Å². The summed E-state index contributed by atoms with van der Waals surface area (Å²) in [5.74, 6) is 1.71. The average Bonchev–Trinajstić information content (AvgIpc) is 2.33. The van der Waals surface area contributed by atoms with E-state index in [0.29, 0.717) is 6.61 Å². The minimum atomic E-state index is 0.500. The van der Waals surface area contributed by atoms with Gasteiger partial charge in [-0.3, -0.25) is 0 Å². The summed E-state index contributed by atoms with van der Waals surface area (Å²) in [6.07, 6.45) is 1.94. The fraction of sp³-hybridized carbons (Fsp3) is 0.692. The van der Waals surface area contributed by atoms with E-state index in [-0.39, 0.29) is 0 Å². The SMILES string of the molecule is CCCOCc1nc(CC)c(C)c(NCC)n1. The molecular formula is C13H23N3O. The highest BCUT2D eigenvalue weighted by atomic mass is 16.5. The van der Waals surface area contributed by atoms with Crippen LogP contribution < -0.4 is 5.32 Å². The van der Waals surface area contributed by atoms with E-state index in [0.717, 1.165) is 48.9 Å². The largest absolute Gasteiger partial charge is 0.373 e. The standard InChI is InChI=1S/C13H23N3O/c1-5-8-17-9-12-15-11(6-2)10(4)13(16-12)14-7-3/h5-9H2,1-4H3,(H,14,15,16). The van der Waals surface area contributed by atoms with Gasteiger partial charge < -0.3 is 10.1 Å². The maximum Gasteiger partial charge on any atom is 0.156 e. The fourth-order valence-corrected chi connectivity index (χ4v) is 1.67. The molecule has 0 saturated carbocycles. The van der Waals surface area contributed by atoms with E-state index in [1.54, 1.807) is 0 Å². The summed E-state index contributed by atoms with van der Waals surface area (Å²) < 4.78 is 5.49. The van der Waals surface area contributed by atoms with E-state index in [9.17, 15) is 0 Å². The van der Waals surface area contributed by atoms with Crippen LogP contribution in [-0.4, -0.2) is 23.1 Å². The molecule has 0 aliphatic heterocycles. The maximum absolute atomic E-state index is 5.49. The highest BCUT2D eigenvalue weighted by molar-refractivity contribution is 5.45. The molecule has 0 atom stereocenters. The van der Waals surface area contributed by atoms with Crippen LogP contribution in [0.5, 0.6) is 0 Å². The Bertz CT molecular complexity index is 353. The summed E-state index contributed by atoms with van der Waals surface area (Å²) >= 11 is 0. The molecule has 17 heavy (non-hydrogen) atoms. The van der Waals surface area contributed by atoms with Crippen molar-refractivity contribution < 1.29 is 4.74 Å². The van der Waals surface area contributed by atoms with Crippen molar-refractivity contribution >= 4 is 5.82 Å². The Balaban J connectivity index is 2.86. The number of ether oxygens (including phenoxy) is 1. The summed E-state index contributed by atoms with van der Waals surface area (Å²) in [5, 5.41) is 3.27. The lowest BCUT2D eigenvalue weighted by Gasteiger charge is -2.12. The van der Waals surface area contributed by atoms with Crippen LogP contribution in [0.15, 0.2) is 0 Å². The number of aromatic nitrogens is 2. The molecule has 0 amide bonds. The lowest BCUT2D eigenvalue weighted by atomic mass is 10.2. The van der Waals surface area contributed by atoms with Crippen LogP contribution in [0.2, 0.25) is 0 Å². The molecule has 0 aromatic carbocycles. The number of anilines is 1. The van der Waals surface area contributed by atoms with E-state index in [2.05, 4.69) is 43.0 Å². The van der Waals surface area contributed by atoms with Gasteiger partial charge in [-0.1, -0.05) is 13.8 Å². The van der Waals surface area contributed by atoms with Gasteiger partial charge in [0, 0.05) is 24.4 Å². The van der Waals surface area contributed by atoms with Crippen LogP contribution in [0.3, 0.4) is 0 Å². The first-order valence-electron chi connectivity index (χ1n) is 6.40. The first-order chi connectivity index (χ1) is 8.22. The Hall–Kier alpha value is -1.16. The van der Waals surface area contributed by atoms with Gasteiger partial charge in [0.2, 0.25) is 0 Å². The maximum atomic E-state index is 5.49. The van der Waals surface area contributed by atoms with E-state index in [4.69, 9.17) is 4.74 Å². The summed E-state index contributed by atoms with van der Waals surface area (Å²) in [6.45, 7) is 10.5. The summed E-state index contributed by atoms with van der Waals surface area (Å²) in [5.41, 5.74) is 2.25. The normalized spacial score (nSPS) is 10.6. The lowest BCUT2D eigenvalue weighted by Crippen LogP contribution is -2.10. The van der Waals surface area contributed by atoms with Crippen molar-refractivity contribution in [1.82, 2.24) is 9.97 Å². The third kappa shape index (κ3) is 3.97. The minimum absolute atomic E-state index is 0.500. The molecule has 4 heteroatoms. The minimum Gasteiger partial charge on any atom is -0.373 e. The van der Waals surface area contributed by atoms with Crippen LogP contribution in [-0.2, 0) is 17.8 Å². The molecule has 0 radical (unpaired) electrons. The Labute approximate surface area is 104 Å². The van der Waals surface area contributed by atoms with Crippen molar-refractivity contribution in [1.29, 1.82) is 0 Å². The van der Waals surface area contributed by atoms with Gasteiger partial charge in [0.1, 0.15) is 12.4 Å². The number of aryl methyl sites for hydroxylation is 1. The predicted molar refractivity (Wildman–Crippen MR) is 70.3 cm³/mol. The van der Waals surface area contributed by atoms with E-state index < -0.39 is 0 Å². The fourth-order valence-electron chi connectivity index (χ4n) is 1.67. The van der Waals surface area contributed by atoms with E-state index >= 15 is 0 Å². The molecule has 0 aliphatic carbocycles. The van der Waals surface area contributed by atoms with E-state index in [1.165, 1.54) is 0 Å². The monoisotopic (exact) mass is 237 g/mol. The summed E-state index contributed by atoms with van der Waals surface area (Å²) in [4.78, 5) is 9.02. The predicted octanol–water partition coefficient (Wildman–Crippen LogP) is 2.71. The second-order valence-corrected chi connectivity index (χ2v) is 4.00. The molecule has 0 saturated heterocycles. The van der Waals surface area contributed by atoms with Gasteiger partial charge >= 0.3 is 0 Å². The van der Waals surface area contributed by atoms with Crippen LogP contribution >= 0.6 is 0 Å². The third-order valence-electron chi connectivity index (χ3n) is 2.55. The smallest absolute Gasteiger partial charge is 0.156 e. The van der Waals surface area contributed by atoms with Gasteiger partial charge in [-0.25, -0.2) is 9.97 Å². The molecule has 1 N–H and O–H groups in total. The Morgan fingerprint density at radius 3 is 2.53 bits per heavy atom. The summed E-state index contributed by atoms with van der Waals surface area (Å²) in [6, 6.07) is 0. The average molecular weight is 237 g/mol. The number of rotatable bonds is 7. The molecule has 1 aromatic heterocycles. The zero-order valence-electron chi connectivity index (χ0n) is 11.3. The van der Waals surface area contributed by atoms with Gasteiger partial charge in [0.15, 0.2) is 5.82 Å². The Kier molecular flexibility index (Phi) is 5.91. The molecule has 1 heterocycles. The zero-order chi connectivity index (χ0) is 12.7. The van der Waals surface area contributed by atoms with Gasteiger partial charge in [-0.2, -0.15) is 0 Å². The molecule has 96 valence electrons. The first kappa shape index (κ1) is 13.9. The highest BCUT2D eigenvalue weighted by Crippen LogP contribution is 2.16. The van der Waals surface area contributed by atoms with Crippen molar-refractivity contribution in [3.63, 3.8) is 0 Å². The molecule has 0 bridgehead atoms. The van der Waals surface area contributed by atoms with Crippen LogP contribution in [0, 0.1) is 6.92 Å². The van der Waals surface area contributed by atoms with Crippen molar-refractivity contribution in [2.75, 3.05) is 18.5 Å². The van der Waals surface area contributed by atoms with Gasteiger partial charge in [0.05, 0.1) is 0 Å². The second-order valence-electron chi connectivity index (χ2n) is 4.00. The van der Waals surface area contributed by atoms with Crippen molar-refractivity contribution in [3.05, 3.63) is 17.1 Å². The summed E-state index contributed by atoms with van der Waals surface area (Å²) in [7, 11) is 0. The number of nitrogens with one attached hydrogen (secondary N) is 1.